The number of rotatable bonds is 7. The first-order valence-corrected chi connectivity index (χ1v) is 10.6. The highest BCUT2D eigenvalue weighted by molar-refractivity contribution is 6.35. The number of amides is 2. The summed E-state index contributed by atoms with van der Waals surface area (Å²) in [7, 11) is 0. The molecule has 33 heavy (non-hydrogen) atoms. The molecule has 0 aliphatic carbocycles. The summed E-state index contributed by atoms with van der Waals surface area (Å²) >= 11 is 6.11. The van der Waals surface area contributed by atoms with Gasteiger partial charge in [0.25, 0.3) is 5.91 Å². The van der Waals surface area contributed by atoms with Crippen molar-refractivity contribution in [1.29, 1.82) is 0 Å². The minimum absolute atomic E-state index is 0.0272. The van der Waals surface area contributed by atoms with E-state index in [0.717, 1.165) is 11.3 Å². The third kappa shape index (κ3) is 5.53. The number of hydrogen-bond donors (Lipinski definition) is 3. The monoisotopic (exact) mass is 465 g/mol. The number of carbonyl (C=O) groups excluding carboxylic acids is 2. The third-order valence-corrected chi connectivity index (χ3v) is 5.42. The van der Waals surface area contributed by atoms with Crippen molar-refractivity contribution in [1.82, 2.24) is 25.6 Å². The molecule has 3 N–H and O–H groups in total. The van der Waals surface area contributed by atoms with Crippen LogP contribution in [0.15, 0.2) is 55.0 Å². The van der Waals surface area contributed by atoms with Gasteiger partial charge < -0.3 is 15.6 Å². The highest BCUT2D eigenvalue weighted by atomic mass is 35.5. The molecule has 7 nitrogen and oxygen atoms in total. The Kier molecular flexibility index (Phi) is 6.65. The van der Waals surface area contributed by atoms with Crippen LogP contribution in [0.5, 0.6) is 0 Å². The highest BCUT2D eigenvalue weighted by Crippen LogP contribution is 2.25. The van der Waals surface area contributed by atoms with E-state index < -0.39 is 5.82 Å². The number of carbonyl (C=O) groups is 2. The van der Waals surface area contributed by atoms with Crippen molar-refractivity contribution in [3.05, 3.63) is 93.9 Å². The minimum Gasteiger partial charge on any atom is -0.360 e. The maximum Gasteiger partial charge on any atom is 0.251 e. The standard InChI is InChI=1S/C24H21ClFN5O2/c1-14(32)28-12-18-3-2-15(10-29-18)6-19-7-16(4-5-27-19)24(33)31-11-17-8-20-21(25)13-30-23(20)9-22(17)26/h2-5,7-10,13,30H,6,11-12H2,1H3,(H,28,32)(H,31,33). The van der Waals surface area contributed by atoms with Gasteiger partial charge in [-0.15, -0.1) is 0 Å². The van der Waals surface area contributed by atoms with Gasteiger partial charge in [0.05, 0.1) is 17.3 Å². The Morgan fingerprint density at radius 3 is 2.67 bits per heavy atom. The van der Waals surface area contributed by atoms with Crippen molar-refractivity contribution in [2.75, 3.05) is 0 Å². The summed E-state index contributed by atoms with van der Waals surface area (Å²) in [6, 6.07) is 10.0. The van der Waals surface area contributed by atoms with Crippen molar-refractivity contribution < 1.29 is 14.0 Å². The lowest BCUT2D eigenvalue weighted by Gasteiger charge is -2.09. The van der Waals surface area contributed by atoms with Crippen molar-refractivity contribution in [2.45, 2.75) is 26.4 Å². The molecule has 168 valence electrons. The Hall–Kier alpha value is -3.78. The summed E-state index contributed by atoms with van der Waals surface area (Å²) < 4.78 is 14.4. The number of hydrogen-bond acceptors (Lipinski definition) is 4. The molecule has 0 fully saturated rings. The number of aromatic nitrogens is 3. The zero-order valence-corrected chi connectivity index (χ0v) is 18.5. The summed E-state index contributed by atoms with van der Waals surface area (Å²) in [6.45, 7) is 1.85. The van der Waals surface area contributed by atoms with Crippen LogP contribution in [0, 0.1) is 5.82 Å². The van der Waals surface area contributed by atoms with E-state index in [-0.39, 0.29) is 18.4 Å². The summed E-state index contributed by atoms with van der Waals surface area (Å²) in [6.07, 6.45) is 5.37. The van der Waals surface area contributed by atoms with E-state index in [1.165, 1.54) is 13.0 Å². The molecule has 0 aliphatic rings. The molecule has 9 heteroatoms. The lowest BCUT2D eigenvalue weighted by molar-refractivity contribution is -0.119. The normalized spacial score (nSPS) is 10.9. The topological polar surface area (TPSA) is 99.8 Å². The smallest absolute Gasteiger partial charge is 0.251 e. The first-order chi connectivity index (χ1) is 15.9. The molecule has 4 rings (SSSR count). The predicted molar refractivity (Wildman–Crippen MR) is 123 cm³/mol. The van der Waals surface area contributed by atoms with Crippen LogP contribution in [-0.2, 0) is 24.3 Å². The number of H-pyrrole nitrogens is 1. The summed E-state index contributed by atoms with van der Waals surface area (Å²) in [5, 5.41) is 6.64. The van der Waals surface area contributed by atoms with Crippen molar-refractivity contribution >= 4 is 34.3 Å². The van der Waals surface area contributed by atoms with E-state index in [0.29, 0.717) is 45.7 Å². The van der Waals surface area contributed by atoms with Gasteiger partial charge in [0.1, 0.15) is 5.82 Å². The lowest BCUT2D eigenvalue weighted by atomic mass is 10.1. The molecule has 1 aromatic carbocycles. The summed E-state index contributed by atoms with van der Waals surface area (Å²) in [5.74, 6) is -0.870. The van der Waals surface area contributed by atoms with Gasteiger partial charge in [0.15, 0.2) is 0 Å². The maximum atomic E-state index is 14.4. The van der Waals surface area contributed by atoms with Crippen LogP contribution in [-0.4, -0.2) is 26.8 Å². The maximum absolute atomic E-state index is 14.4. The number of aromatic amines is 1. The second kappa shape index (κ2) is 9.79. The molecule has 4 aromatic rings. The molecule has 0 saturated heterocycles. The van der Waals surface area contributed by atoms with Gasteiger partial charge >= 0.3 is 0 Å². The number of nitrogens with zero attached hydrogens (tertiary/aromatic N) is 2. The van der Waals surface area contributed by atoms with Crippen LogP contribution in [0.1, 0.15) is 39.8 Å². The van der Waals surface area contributed by atoms with Crippen LogP contribution in [0.4, 0.5) is 4.39 Å². The average molecular weight is 466 g/mol. The van der Waals surface area contributed by atoms with E-state index in [9.17, 15) is 14.0 Å². The van der Waals surface area contributed by atoms with Gasteiger partial charge in [-0.1, -0.05) is 17.7 Å². The molecule has 0 saturated carbocycles. The van der Waals surface area contributed by atoms with Gasteiger partial charge in [-0.2, -0.15) is 0 Å². The molecule has 0 aliphatic heterocycles. The van der Waals surface area contributed by atoms with Gasteiger partial charge in [0, 0.05) is 66.2 Å². The molecular weight excluding hydrogens is 445 g/mol. The Labute approximate surface area is 194 Å². The van der Waals surface area contributed by atoms with E-state index in [2.05, 4.69) is 25.6 Å². The average Bonchev–Trinajstić information content (AvgIpc) is 3.16. The lowest BCUT2D eigenvalue weighted by Crippen LogP contribution is -2.23. The first-order valence-electron chi connectivity index (χ1n) is 10.3. The van der Waals surface area contributed by atoms with Crippen LogP contribution in [0.25, 0.3) is 10.9 Å². The number of pyridine rings is 2. The molecule has 3 aromatic heterocycles. The number of fused-ring (bicyclic) bond motifs is 1. The SMILES string of the molecule is CC(=O)NCc1ccc(Cc2cc(C(=O)NCc3cc4c(Cl)c[nH]c4cc3F)ccn2)cn1. The van der Waals surface area contributed by atoms with Crippen LogP contribution in [0.3, 0.4) is 0 Å². The van der Waals surface area contributed by atoms with Gasteiger partial charge in [-0.25, -0.2) is 4.39 Å². The third-order valence-electron chi connectivity index (χ3n) is 5.11. The van der Waals surface area contributed by atoms with Crippen molar-refractivity contribution in [3.63, 3.8) is 0 Å². The number of nitrogens with one attached hydrogen (secondary N) is 3. The van der Waals surface area contributed by atoms with Crippen LogP contribution < -0.4 is 10.6 Å². The Morgan fingerprint density at radius 1 is 1.06 bits per heavy atom. The fraction of sp³-hybridized carbons (Fsp3) is 0.167. The zero-order valence-electron chi connectivity index (χ0n) is 17.8. The fourth-order valence-corrected chi connectivity index (χ4v) is 3.58. The number of halogens is 2. The van der Waals surface area contributed by atoms with Crippen LogP contribution >= 0.6 is 11.6 Å². The highest BCUT2D eigenvalue weighted by Gasteiger charge is 2.12. The predicted octanol–water partition coefficient (Wildman–Crippen LogP) is 3.91. The molecule has 0 unspecified atom stereocenters. The van der Waals surface area contributed by atoms with E-state index in [1.807, 2.05) is 12.1 Å². The quantitative estimate of drug-likeness (QED) is 0.385. The fourth-order valence-electron chi connectivity index (χ4n) is 3.37. The second-order valence-electron chi connectivity index (χ2n) is 7.59. The Bertz CT molecular complexity index is 1320. The van der Waals surface area contributed by atoms with E-state index in [4.69, 9.17) is 11.6 Å². The van der Waals surface area contributed by atoms with Crippen molar-refractivity contribution in [2.24, 2.45) is 0 Å². The van der Waals surface area contributed by atoms with Crippen molar-refractivity contribution in [3.8, 4) is 0 Å². The van der Waals surface area contributed by atoms with Gasteiger partial charge in [-0.05, 0) is 35.9 Å². The van der Waals surface area contributed by atoms with E-state index >= 15 is 0 Å². The summed E-state index contributed by atoms with van der Waals surface area (Å²) in [4.78, 5) is 35.2. The molecule has 2 amide bonds. The molecule has 0 atom stereocenters. The Balaban J connectivity index is 1.40. The zero-order chi connectivity index (χ0) is 23.4. The first kappa shape index (κ1) is 22.4. The second-order valence-corrected chi connectivity index (χ2v) is 8.00. The molecule has 3 heterocycles. The van der Waals surface area contributed by atoms with Crippen LogP contribution in [0.2, 0.25) is 5.02 Å². The van der Waals surface area contributed by atoms with Gasteiger partial charge in [-0.3, -0.25) is 19.6 Å². The molecule has 0 spiro atoms. The molecule has 0 bridgehead atoms. The summed E-state index contributed by atoms with van der Waals surface area (Å²) in [5.41, 5.74) is 3.75. The molecule has 0 radical (unpaired) electrons. The minimum atomic E-state index is -0.425. The number of benzene rings is 1. The van der Waals surface area contributed by atoms with Gasteiger partial charge in [0.2, 0.25) is 5.91 Å². The Morgan fingerprint density at radius 2 is 1.91 bits per heavy atom. The van der Waals surface area contributed by atoms with E-state index in [1.54, 1.807) is 36.8 Å². The molecular formula is C24H21ClFN5O2. The largest absolute Gasteiger partial charge is 0.360 e.